The molecule has 2 aromatic heterocycles. The molecule has 6 rings (SSSR count). The predicted molar refractivity (Wildman–Crippen MR) is 109 cm³/mol. The van der Waals surface area contributed by atoms with Gasteiger partial charge in [-0.2, -0.15) is 0 Å². The molecule has 1 aromatic carbocycles. The number of carbonyl (C=O) groups is 1. The van der Waals surface area contributed by atoms with Gasteiger partial charge in [-0.25, -0.2) is 9.78 Å². The molecule has 3 aliphatic heterocycles. The molecule has 0 fully saturated rings. The first-order chi connectivity index (χ1) is 14.9. The number of benzene rings is 1. The number of aromatic nitrogens is 2. The number of rotatable bonds is 2. The van der Waals surface area contributed by atoms with Gasteiger partial charge in [0.15, 0.2) is 11.5 Å². The van der Waals surface area contributed by atoms with E-state index in [0.29, 0.717) is 41.5 Å². The van der Waals surface area contributed by atoms with E-state index in [1.165, 1.54) is 0 Å². The lowest BCUT2D eigenvalue weighted by atomic mass is 9.73. The molecule has 3 aliphatic rings. The van der Waals surface area contributed by atoms with Crippen LogP contribution in [0.15, 0.2) is 23.0 Å². The van der Waals surface area contributed by atoms with Crippen molar-refractivity contribution in [1.82, 2.24) is 14.9 Å². The van der Waals surface area contributed by atoms with Gasteiger partial charge < -0.3 is 29.2 Å². The summed E-state index contributed by atoms with van der Waals surface area (Å²) in [4.78, 5) is 30.0. The Labute approximate surface area is 177 Å². The van der Waals surface area contributed by atoms with Crippen molar-refractivity contribution in [2.75, 3.05) is 13.8 Å². The van der Waals surface area contributed by atoms with E-state index in [2.05, 4.69) is 5.32 Å². The van der Waals surface area contributed by atoms with E-state index in [1.54, 1.807) is 10.6 Å². The molecule has 5 heterocycles. The molecule has 2 N–H and O–H groups in total. The zero-order chi connectivity index (χ0) is 21.5. The molecule has 0 unspecified atom stereocenters. The summed E-state index contributed by atoms with van der Waals surface area (Å²) < 4.78 is 17.5. The van der Waals surface area contributed by atoms with Crippen molar-refractivity contribution in [3.8, 4) is 22.9 Å². The normalized spacial score (nSPS) is 20.4. The second kappa shape index (κ2) is 6.08. The summed E-state index contributed by atoms with van der Waals surface area (Å²) in [5.74, 6) is 0.270. The monoisotopic (exact) mass is 417 g/mol. The van der Waals surface area contributed by atoms with Gasteiger partial charge >= 0.3 is 5.97 Å². The molecule has 0 spiro atoms. The highest BCUT2D eigenvalue weighted by Crippen LogP contribution is 2.42. The summed E-state index contributed by atoms with van der Waals surface area (Å²) in [6, 6.07) is 5.28. The number of ether oxygens (including phenoxy) is 3. The first kappa shape index (κ1) is 18.4. The van der Waals surface area contributed by atoms with Crippen LogP contribution in [0.3, 0.4) is 0 Å². The largest absolute Gasteiger partial charge is 0.459 e. The Bertz CT molecular complexity index is 1380. The molecule has 2 radical (unpaired) electrons. The number of carbonyl (C=O) groups excluding carboxylic acids is 1. The van der Waals surface area contributed by atoms with Gasteiger partial charge in [-0.15, -0.1) is 0 Å². The van der Waals surface area contributed by atoms with Gasteiger partial charge in [-0.1, -0.05) is 0 Å². The number of hydrogen-bond acceptors (Lipinski definition) is 8. The Morgan fingerprint density at radius 3 is 2.74 bits per heavy atom. The van der Waals surface area contributed by atoms with Gasteiger partial charge in [-0.05, 0) is 30.3 Å². The quantitative estimate of drug-likeness (QED) is 0.353. The van der Waals surface area contributed by atoms with Crippen LogP contribution in [0, 0.1) is 0 Å². The average Bonchev–Trinajstić information content (AvgIpc) is 3.34. The molecule has 31 heavy (non-hydrogen) atoms. The van der Waals surface area contributed by atoms with Crippen LogP contribution >= 0.6 is 0 Å². The van der Waals surface area contributed by atoms with Gasteiger partial charge in [0.25, 0.3) is 5.56 Å². The minimum Gasteiger partial charge on any atom is -0.459 e. The molecule has 0 saturated carbocycles. The molecule has 10 heteroatoms. The number of nitrogens with zero attached hydrogens (tertiary/aromatic N) is 2. The molecule has 0 aliphatic carbocycles. The second-order valence-electron chi connectivity index (χ2n) is 7.83. The maximum atomic E-state index is 13.2. The standard InChI is InChI=1S/C21H16BN3O6/c1-23-5-10-9-2-16-17(31-8-30-16)4-14(9)24-18-11(10)6-25-15(18)3-13-12(19(25)26)7-29-20(27)21(13,22)28/h2-4,23,28H,5-8H2,1H3/t21-/m0/s1. The fourth-order valence-corrected chi connectivity index (χ4v) is 4.56. The van der Waals surface area contributed by atoms with Gasteiger partial charge in [0.1, 0.15) is 20.0 Å². The van der Waals surface area contributed by atoms with Crippen molar-refractivity contribution in [2.24, 2.45) is 0 Å². The lowest BCUT2D eigenvalue weighted by Crippen LogP contribution is -2.45. The Balaban J connectivity index is 1.65. The second-order valence-corrected chi connectivity index (χ2v) is 7.83. The summed E-state index contributed by atoms with van der Waals surface area (Å²) in [6.45, 7) is 0.777. The smallest absolute Gasteiger partial charge is 0.333 e. The summed E-state index contributed by atoms with van der Waals surface area (Å²) in [5.41, 5.74) is 1.12. The first-order valence-electron chi connectivity index (χ1n) is 9.76. The Morgan fingerprint density at radius 2 is 1.97 bits per heavy atom. The molecular weight excluding hydrogens is 401 g/mol. The fourth-order valence-electron chi connectivity index (χ4n) is 4.56. The average molecular weight is 417 g/mol. The molecule has 9 nitrogen and oxygen atoms in total. The third-order valence-corrected chi connectivity index (χ3v) is 6.08. The van der Waals surface area contributed by atoms with Crippen molar-refractivity contribution in [3.63, 3.8) is 0 Å². The summed E-state index contributed by atoms with van der Waals surface area (Å²) in [5, 5.41) is 14.6. The van der Waals surface area contributed by atoms with Crippen LogP contribution in [0.5, 0.6) is 11.5 Å². The number of nitrogens with one attached hydrogen (secondary N) is 1. The third kappa shape index (κ3) is 2.37. The number of hydrogen-bond donors (Lipinski definition) is 2. The number of cyclic esters (lactones) is 1. The molecule has 0 amide bonds. The number of aliphatic hydroxyl groups is 1. The SMILES string of the molecule is [B][C@@]1(O)C(=O)OCc2c1cc1n(c2=O)Cc2c-1nc1cc3c(cc1c2CNC)OCO3. The van der Waals surface area contributed by atoms with E-state index in [9.17, 15) is 14.7 Å². The lowest BCUT2D eigenvalue weighted by Gasteiger charge is -2.30. The Kier molecular flexibility index (Phi) is 3.61. The van der Waals surface area contributed by atoms with Crippen LogP contribution in [-0.4, -0.2) is 42.3 Å². The number of esters is 1. The number of pyridine rings is 2. The highest BCUT2D eigenvalue weighted by Gasteiger charge is 2.42. The van der Waals surface area contributed by atoms with E-state index < -0.39 is 11.5 Å². The highest BCUT2D eigenvalue weighted by atomic mass is 16.7. The molecule has 154 valence electrons. The van der Waals surface area contributed by atoms with E-state index in [0.717, 1.165) is 16.5 Å². The Hall–Kier alpha value is -3.37. The van der Waals surface area contributed by atoms with Crippen molar-refractivity contribution in [2.45, 2.75) is 25.2 Å². The molecule has 0 saturated heterocycles. The van der Waals surface area contributed by atoms with Crippen LogP contribution < -0.4 is 20.3 Å². The first-order valence-corrected chi connectivity index (χ1v) is 9.76. The van der Waals surface area contributed by atoms with E-state index in [4.69, 9.17) is 27.0 Å². The zero-order valence-corrected chi connectivity index (χ0v) is 16.5. The molecular formula is C21H16BN3O6. The minimum atomic E-state index is -2.39. The van der Waals surface area contributed by atoms with Gasteiger partial charge in [0.2, 0.25) is 6.79 Å². The van der Waals surface area contributed by atoms with Crippen LogP contribution in [0.2, 0.25) is 0 Å². The van der Waals surface area contributed by atoms with Crippen molar-refractivity contribution in [1.29, 1.82) is 0 Å². The highest BCUT2D eigenvalue weighted by molar-refractivity contribution is 6.26. The van der Waals surface area contributed by atoms with Crippen LogP contribution in [0.4, 0.5) is 0 Å². The topological polar surface area (TPSA) is 112 Å². The Morgan fingerprint density at radius 1 is 1.19 bits per heavy atom. The summed E-state index contributed by atoms with van der Waals surface area (Å²) in [7, 11) is 7.66. The number of fused-ring (bicyclic) bond motifs is 6. The minimum absolute atomic E-state index is 0.0515. The lowest BCUT2D eigenvalue weighted by molar-refractivity contribution is -0.162. The van der Waals surface area contributed by atoms with E-state index >= 15 is 0 Å². The van der Waals surface area contributed by atoms with Crippen LogP contribution in [0.1, 0.15) is 22.3 Å². The van der Waals surface area contributed by atoms with E-state index in [1.807, 2.05) is 19.2 Å². The van der Waals surface area contributed by atoms with Crippen molar-refractivity contribution >= 4 is 24.7 Å². The van der Waals surface area contributed by atoms with Crippen molar-refractivity contribution in [3.05, 3.63) is 50.8 Å². The maximum absolute atomic E-state index is 13.2. The maximum Gasteiger partial charge on any atom is 0.333 e. The van der Waals surface area contributed by atoms with Gasteiger partial charge in [0, 0.05) is 23.6 Å². The van der Waals surface area contributed by atoms with Crippen molar-refractivity contribution < 1.29 is 24.1 Å². The molecule has 1 atom stereocenters. The van der Waals surface area contributed by atoms with E-state index in [-0.39, 0.29) is 30.1 Å². The van der Waals surface area contributed by atoms with Crippen LogP contribution in [-0.2, 0) is 34.7 Å². The molecule has 3 aromatic rings. The third-order valence-electron chi connectivity index (χ3n) is 6.08. The summed E-state index contributed by atoms with van der Waals surface area (Å²) >= 11 is 0. The zero-order valence-electron chi connectivity index (χ0n) is 16.5. The summed E-state index contributed by atoms with van der Waals surface area (Å²) in [6.07, 6.45) is 0. The fraction of sp³-hybridized carbons (Fsp3) is 0.286. The predicted octanol–water partition coefficient (Wildman–Crippen LogP) is 0.244. The van der Waals surface area contributed by atoms with Crippen LogP contribution in [0.25, 0.3) is 22.3 Å². The molecule has 0 bridgehead atoms. The van der Waals surface area contributed by atoms with Gasteiger partial charge in [0.05, 0.1) is 29.0 Å². The van der Waals surface area contributed by atoms with Gasteiger partial charge in [-0.3, -0.25) is 4.79 Å².